The third kappa shape index (κ3) is 4.38. The van der Waals surface area contributed by atoms with Crippen LogP contribution < -0.4 is 14.8 Å². The van der Waals surface area contributed by atoms with Gasteiger partial charge in [-0.25, -0.2) is 4.79 Å². The third-order valence-corrected chi connectivity index (χ3v) is 7.90. The molecule has 0 saturated carbocycles. The number of hydrogen-bond acceptors (Lipinski definition) is 4. The fourth-order valence-electron chi connectivity index (χ4n) is 6.14. The molecule has 0 aromatic heterocycles. The molecule has 5 rings (SSSR count). The van der Waals surface area contributed by atoms with E-state index in [0.717, 1.165) is 68.7 Å². The number of hydrogen-bond donors (Lipinski definition) is 1. The van der Waals surface area contributed by atoms with Crippen LogP contribution in [0.15, 0.2) is 12.1 Å². The van der Waals surface area contributed by atoms with E-state index in [4.69, 9.17) is 9.47 Å². The molecule has 33 heavy (non-hydrogen) atoms. The van der Waals surface area contributed by atoms with Crippen LogP contribution in [0, 0.1) is 5.92 Å². The predicted molar refractivity (Wildman–Crippen MR) is 125 cm³/mol. The SMILES string of the molecule is CCCCCCCCNC(=O)N1CCCC2C(=O)N3CCc4cc5c(cc4C3CC21)OCO5. The van der Waals surface area contributed by atoms with Gasteiger partial charge in [-0.15, -0.1) is 0 Å². The second kappa shape index (κ2) is 9.82. The number of likely N-dealkylation sites (tertiary alicyclic amines) is 1. The summed E-state index contributed by atoms with van der Waals surface area (Å²) in [7, 11) is 0. The highest BCUT2D eigenvalue weighted by Gasteiger charge is 2.49. The van der Waals surface area contributed by atoms with E-state index in [0.29, 0.717) is 6.54 Å². The molecule has 1 aromatic rings. The Kier molecular flexibility index (Phi) is 6.65. The Morgan fingerprint density at radius 1 is 1.09 bits per heavy atom. The van der Waals surface area contributed by atoms with Gasteiger partial charge < -0.3 is 24.6 Å². The minimum Gasteiger partial charge on any atom is -0.454 e. The second-order valence-corrected chi connectivity index (χ2v) is 9.95. The lowest BCUT2D eigenvalue weighted by Crippen LogP contribution is -2.61. The zero-order valence-corrected chi connectivity index (χ0v) is 19.8. The fourth-order valence-corrected chi connectivity index (χ4v) is 6.14. The molecule has 7 nitrogen and oxygen atoms in total. The molecule has 4 aliphatic heterocycles. The number of benzene rings is 1. The van der Waals surface area contributed by atoms with Gasteiger partial charge in [-0.1, -0.05) is 39.0 Å². The first kappa shape index (κ1) is 22.4. The first-order valence-electron chi connectivity index (χ1n) is 12.9. The molecular formula is C26H37N3O4. The van der Waals surface area contributed by atoms with Crippen molar-refractivity contribution in [1.82, 2.24) is 15.1 Å². The van der Waals surface area contributed by atoms with E-state index in [2.05, 4.69) is 29.3 Å². The molecule has 7 heteroatoms. The Morgan fingerprint density at radius 3 is 2.73 bits per heavy atom. The number of fused-ring (bicyclic) bond motifs is 5. The lowest BCUT2D eigenvalue weighted by atomic mass is 9.76. The van der Waals surface area contributed by atoms with Gasteiger partial charge in [-0.05, 0) is 55.4 Å². The van der Waals surface area contributed by atoms with Crippen molar-refractivity contribution < 1.29 is 19.1 Å². The van der Waals surface area contributed by atoms with Gasteiger partial charge in [-0.2, -0.15) is 0 Å². The van der Waals surface area contributed by atoms with Crippen molar-refractivity contribution in [3.8, 4) is 11.5 Å². The Bertz CT molecular complexity index is 889. The number of unbranched alkanes of at least 4 members (excludes halogenated alkanes) is 5. The van der Waals surface area contributed by atoms with Gasteiger partial charge in [0.15, 0.2) is 11.5 Å². The van der Waals surface area contributed by atoms with E-state index in [1.165, 1.54) is 31.2 Å². The summed E-state index contributed by atoms with van der Waals surface area (Å²) in [5.74, 6) is 1.70. The number of carbonyl (C=O) groups excluding carboxylic acids is 2. The highest BCUT2D eigenvalue weighted by molar-refractivity contribution is 5.83. The quantitative estimate of drug-likeness (QED) is 0.619. The normalized spacial score (nSPS) is 25.4. The first-order valence-corrected chi connectivity index (χ1v) is 12.9. The number of rotatable bonds is 7. The van der Waals surface area contributed by atoms with Crippen LogP contribution in [0.3, 0.4) is 0 Å². The van der Waals surface area contributed by atoms with Crippen molar-refractivity contribution in [2.75, 3.05) is 26.4 Å². The van der Waals surface area contributed by atoms with Gasteiger partial charge >= 0.3 is 6.03 Å². The van der Waals surface area contributed by atoms with E-state index in [1.807, 2.05) is 4.90 Å². The molecule has 4 aliphatic rings. The topological polar surface area (TPSA) is 71.1 Å². The smallest absolute Gasteiger partial charge is 0.317 e. The van der Waals surface area contributed by atoms with Crippen LogP contribution in [0.25, 0.3) is 0 Å². The van der Waals surface area contributed by atoms with E-state index < -0.39 is 0 Å². The van der Waals surface area contributed by atoms with Crippen molar-refractivity contribution in [2.24, 2.45) is 5.92 Å². The van der Waals surface area contributed by atoms with Crippen molar-refractivity contribution in [2.45, 2.75) is 83.2 Å². The maximum Gasteiger partial charge on any atom is 0.317 e. The van der Waals surface area contributed by atoms with Gasteiger partial charge in [0.2, 0.25) is 12.7 Å². The van der Waals surface area contributed by atoms with Crippen molar-refractivity contribution in [1.29, 1.82) is 0 Å². The van der Waals surface area contributed by atoms with Crippen LogP contribution >= 0.6 is 0 Å². The van der Waals surface area contributed by atoms with Crippen LogP contribution in [0.4, 0.5) is 4.79 Å². The van der Waals surface area contributed by atoms with Crippen molar-refractivity contribution in [3.05, 3.63) is 23.3 Å². The third-order valence-electron chi connectivity index (χ3n) is 7.90. The highest BCUT2D eigenvalue weighted by atomic mass is 16.7. The van der Waals surface area contributed by atoms with E-state index >= 15 is 0 Å². The average Bonchev–Trinajstić information content (AvgIpc) is 3.29. The summed E-state index contributed by atoms with van der Waals surface area (Å²) in [5, 5.41) is 3.14. The Labute approximate surface area is 196 Å². The standard InChI is InChI=1S/C26H37N3O4/c1-2-3-4-5-6-7-11-27-26(31)29-12-8-9-19-21(29)16-22-20-15-24-23(32-17-33-24)14-18(20)10-13-28(22)25(19)30/h14-15,19,21-22H,2-13,16-17H2,1H3,(H,27,31). The highest BCUT2D eigenvalue weighted by Crippen LogP contribution is 2.46. The maximum atomic E-state index is 13.5. The summed E-state index contributed by atoms with van der Waals surface area (Å²) < 4.78 is 11.2. The minimum atomic E-state index is -0.0784. The Morgan fingerprint density at radius 2 is 1.88 bits per heavy atom. The molecule has 3 atom stereocenters. The van der Waals surface area contributed by atoms with E-state index in [1.54, 1.807) is 0 Å². The number of piperidine rings is 2. The number of ether oxygens (including phenoxy) is 2. The number of amides is 3. The Hall–Kier alpha value is -2.44. The zero-order valence-electron chi connectivity index (χ0n) is 19.8. The van der Waals surface area contributed by atoms with E-state index in [9.17, 15) is 9.59 Å². The monoisotopic (exact) mass is 455 g/mol. The second-order valence-electron chi connectivity index (χ2n) is 9.95. The fraction of sp³-hybridized carbons (Fsp3) is 0.692. The first-order chi connectivity index (χ1) is 16.2. The van der Waals surface area contributed by atoms with Crippen LogP contribution in [0.1, 0.15) is 81.9 Å². The van der Waals surface area contributed by atoms with Gasteiger partial charge in [-0.3, -0.25) is 4.79 Å². The van der Waals surface area contributed by atoms with Gasteiger partial charge in [0.1, 0.15) is 0 Å². The van der Waals surface area contributed by atoms with Gasteiger partial charge in [0, 0.05) is 25.7 Å². The molecule has 4 heterocycles. The molecule has 2 saturated heterocycles. The molecule has 3 unspecified atom stereocenters. The summed E-state index contributed by atoms with van der Waals surface area (Å²) in [5.41, 5.74) is 2.40. The van der Waals surface area contributed by atoms with Crippen molar-refractivity contribution in [3.63, 3.8) is 0 Å². The number of urea groups is 1. The van der Waals surface area contributed by atoms with Gasteiger partial charge in [0.05, 0.1) is 12.0 Å². The van der Waals surface area contributed by atoms with Crippen LogP contribution in [-0.4, -0.2) is 54.2 Å². The molecule has 0 aliphatic carbocycles. The molecule has 0 bridgehead atoms. The minimum absolute atomic E-state index is 0.00114. The van der Waals surface area contributed by atoms with Crippen LogP contribution in [-0.2, 0) is 11.2 Å². The molecule has 0 radical (unpaired) electrons. The summed E-state index contributed by atoms with van der Waals surface area (Å²) >= 11 is 0. The molecule has 3 amide bonds. The predicted octanol–water partition coefficient (Wildman–Crippen LogP) is 4.40. The molecule has 180 valence electrons. The number of carbonyl (C=O) groups is 2. The Balaban J connectivity index is 1.26. The molecule has 0 spiro atoms. The lowest BCUT2D eigenvalue weighted by molar-refractivity contribution is -0.148. The van der Waals surface area contributed by atoms with Crippen molar-refractivity contribution >= 4 is 11.9 Å². The zero-order chi connectivity index (χ0) is 22.8. The molecule has 1 N–H and O–H groups in total. The summed E-state index contributed by atoms with van der Waals surface area (Å²) in [6, 6.07) is 4.12. The summed E-state index contributed by atoms with van der Waals surface area (Å²) in [6.45, 7) is 4.67. The largest absolute Gasteiger partial charge is 0.454 e. The van der Waals surface area contributed by atoms with Gasteiger partial charge in [0.25, 0.3) is 0 Å². The molecular weight excluding hydrogens is 418 g/mol. The maximum absolute atomic E-state index is 13.5. The van der Waals surface area contributed by atoms with Crippen LogP contribution in [0.2, 0.25) is 0 Å². The lowest BCUT2D eigenvalue weighted by Gasteiger charge is -2.51. The molecule has 2 fully saturated rings. The average molecular weight is 456 g/mol. The number of nitrogens with one attached hydrogen (secondary N) is 1. The van der Waals surface area contributed by atoms with Crippen LogP contribution in [0.5, 0.6) is 11.5 Å². The van der Waals surface area contributed by atoms with E-state index in [-0.39, 0.29) is 36.7 Å². The molecule has 1 aromatic carbocycles. The summed E-state index contributed by atoms with van der Waals surface area (Å²) in [6.07, 6.45) is 10.7. The number of nitrogens with zero attached hydrogens (tertiary/aromatic N) is 2. The summed E-state index contributed by atoms with van der Waals surface area (Å²) in [4.78, 5) is 30.6.